The average molecular weight is 221 g/mol. The minimum Gasteiger partial charge on any atom is -0.321 e. The molecule has 0 atom stereocenters. The van der Waals surface area contributed by atoms with Crippen molar-refractivity contribution in [1.29, 1.82) is 0 Å². The van der Waals surface area contributed by atoms with Crippen LogP contribution in [0.25, 0.3) is 10.8 Å². The van der Waals surface area contributed by atoms with Crippen LogP contribution in [0.5, 0.6) is 0 Å². The topological polar surface area (TPSA) is 29.1 Å². The van der Waals surface area contributed by atoms with Crippen LogP contribution in [-0.4, -0.2) is 12.3 Å². The van der Waals surface area contributed by atoms with Gasteiger partial charge in [-0.15, -0.1) is 0 Å². The maximum Gasteiger partial charge on any atom is 0.315 e. The number of carbonyl (C=O) groups is 1. The van der Waals surface area contributed by atoms with Gasteiger partial charge >= 0.3 is 6.43 Å². The molecule has 2 nitrogen and oxygen atoms in total. The van der Waals surface area contributed by atoms with Gasteiger partial charge in [0.15, 0.2) is 0 Å². The van der Waals surface area contributed by atoms with E-state index < -0.39 is 12.3 Å². The highest BCUT2D eigenvalue weighted by Crippen LogP contribution is 2.23. The Kier molecular flexibility index (Phi) is 2.81. The zero-order valence-electron chi connectivity index (χ0n) is 8.28. The van der Waals surface area contributed by atoms with Crippen LogP contribution in [0.4, 0.5) is 14.5 Å². The van der Waals surface area contributed by atoms with Crippen molar-refractivity contribution in [3.63, 3.8) is 0 Å². The molecule has 2 aromatic rings. The molecule has 2 rings (SSSR count). The Morgan fingerprint density at radius 3 is 2.50 bits per heavy atom. The van der Waals surface area contributed by atoms with Crippen LogP contribution in [0.1, 0.15) is 0 Å². The molecule has 0 radical (unpaired) electrons. The maximum atomic E-state index is 12.1. The van der Waals surface area contributed by atoms with Gasteiger partial charge in [-0.25, -0.2) is 0 Å². The number of nitrogens with one attached hydrogen (secondary N) is 1. The van der Waals surface area contributed by atoms with E-state index in [-0.39, 0.29) is 0 Å². The first kappa shape index (κ1) is 10.5. The number of rotatable bonds is 2. The SMILES string of the molecule is O=C(Nc1cccc2ccccc12)C(F)F. The summed E-state index contributed by atoms with van der Waals surface area (Å²) in [5, 5.41) is 3.84. The van der Waals surface area contributed by atoms with E-state index in [4.69, 9.17) is 0 Å². The molecule has 1 amide bonds. The predicted octanol–water partition coefficient (Wildman–Crippen LogP) is 3.04. The zero-order chi connectivity index (χ0) is 11.5. The third-order valence-electron chi connectivity index (χ3n) is 2.25. The predicted molar refractivity (Wildman–Crippen MR) is 58.6 cm³/mol. The molecular weight excluding hydrogens is 212 g/mol. The number of fused-ring (bicyclic) bond motifs is 1. The van der Waals surface area contributed by atoms with Crippen LogP contribution >= 0.6 is 0 Å². The van der Waals surface area contributed by atoms with Gasteiger partial charge in [-0.1, -0.05) is 36.4 Å². The molecule has 2 aromatic carbocycles. The van der Waals surface area contributed by atoms with Crippen LogP contribution in [0.15, 0.2) is 42.5 Å². The van der Waals surface area contributed by atoms with E-state index in [0.717, 1.165) is 10.8 Å². The van der Waals surface area contributed by atoms with E-state index in [1.165, 1.54) is 0 Å². The van der Waals surface area contributed by atoms with Gasteiger partial charge in [-0.3, -0.25) is 4.79 Å². The van der Waals surface area contributed by atoms with Crippen molar-refractivity contribution < 1.29 is 13.6 Å². The summed E-state index contributed by atoms with van der Waals surface area (Å²) in [6.45, 7) is 0. The van der Waals surface area contributed by atoms with Crippen molar-refractivity contribution in [2.75, 3.05) is 5.32 Å². The normalized spacial score (nSPS) is 10.7. The van der Waals surface area contributed by atoms with Gasteiger partial charge in [0, 0.05) is 11.1 Å². The Morgan fingerprint density at radius 2 is 1.75 bits per heavy atom. The van der Waals surface area contributed by atoms with Crippen LogP contribution in [0.2, 0.25) is 0 Å². The van der Waals surface area contributed by atoms with E-state index in [1.807, 2.05) is 18.2 Å². The van der Waals surface area contributed by atoms with Gasteiger partial charge in [0.25, 0.3) is 5.91 Å². The van der Waals surface area contributed by atoms with Crippen LogP contribution in [0, 0.1) is 0 Å². The van der Waals surface area contributed by atoms with Crippen LogP contribution in [0.3, 0.4) is 0 Å². The highest BCUT2D eigenvalue weighted by Gasteiger charge is 2.15. The molecular formula is C12H9F2NO. The quantitative estimate of drug-likeness (QED) is 0.829. The second-order valence-corrected chi connectivity index (χ2v) is 3.32. The van der Waals surface area contributed by atoms with Crippen molar-refractivity contribution in [2.24, 2.45) is 0 Å². The second kappa shape index (κ2) is 4.26. The van der Waals surface area contributed by atoms with Crippen LogP contribution in [-0.2, 0) is 4.79 Å². The van der Waals surface area contributed by atoms with Gasteiger partial charge in [0.1, 0.15) is 0 Å². The molecule has 0 aromatic heterocycles. The van der Waals surface area contributed by atoms with Gasteiger partial charge in [0.05, 0.1) is 0 Å². The van der Waals surface area contributed by atoms with Crippen molar-refractivity contribution in [2.45, 2.75) is 6.43 Å². The molecule has 0 heterocycles. The Labute approximate surface area is 90.9 Å². The van der Waals surface area contributed by atoms with E-state index in [0.29, 0.717) is 5.69 Å². The maximum absolute atomic E-state index is 12.1. The first-order chi connectivity index (χ1) is 7.68. The third kappa shape index (κ3) is 2.00. The molecule has 0 saturated heterocycles. The lowest BCUT2D eigenvalue weighted by Gasteiger charge is -2.07. The summed E-state index contributed by atoms with van der Waals surface area (Å²) < 4.78 is 24.2. The summed E-state index contributed by atoms with van der Waals surface area (Å²) in [6, 6.07) is 12.4. The van der Waals surface area contributed by atoms with E-state index in [2.05, 4.69) is 5.32 Å². The molecule has 0 aliphatic carbocycles. The lowest BCUT2D eigenvalue weighted by molar-refractivity contribution is -0.126. The molecule has 82 valence electrons. The summed E-state index contributed by atoms with van der Waals surface area (Å²) in [7, 11) is 0. The zero-order valence-corrected chi connectivity index (χ0v) is 8.28. The summed E-state index contributed by atoms with van der Waals surface area (Å²) in [5.41, 5.74) is 0.406. The molecule has 0 aliphatic heterocycles. The molecule has 0 bridgehead atoms. The summed E-state index contributed by atoms with van der Waals surface area (Å²) in [6.07, 6.45) is -3.00. The molecule has 4 heteroatoms. The lowest BCUT2D eigenvalue weighted by atomic mass is 10.1. The van der Waals surface area contributed by atoms with E-state index in [9.17, 15) is 13.6 Å². The fourth-order valence-electron chi connectivity index (χ4n) is 1.52. The fourth-order valence-corrected chi connectivity index (χ4v) is 1.52. The van der Waals surface area contributed by atoms with Crippen molar-refractivity contribution >= 4 is 22.4 Å². The molecule has 0 aliphatic rings. The van der Waals surface area contributed by atoms with Crippen molar-refractivity contribution in [3.8, 4) is 0 Å². The number of carbonyl (C=O) groups excluding carboxylic acids is 1. The summed E-state index contributed by atoms with van der Waals surface area (Å²) >= 11 is 0. The number of hydrogen-bond donors (Lipinski definition) is 1. The minimum atomic E-state index is -3.00. The Morgan fingerprint density at radius 1 is 1.06 bits per heavy atom. The summed E-state index contributed by atoms with van der Waals surface area (Å²) in [4.78, 5) is 10.9. The monoisotopic (exact) mass is 221 g/mol. The number of anilines is 1. The van der Waals surface area contributed by atoms with Gasteiger partial charge in [0.2, 0.25) is 0 Å². The third-order valence-corrected chi connectivity index (χ3v) is 2.25. The number of hydrogen-bond acceptors (Lipinski definition) is 1. The minimum absolute atomic E-state index is 0.406. The average Bonchev–Trinajstić information content (AvgIpc) is 2.29. The Hall–Kier alpha value is -1.97. The van der Waals surface area contributed by atoms with E-state index in [1.54, 1.807) is 24.3 Å². The molecule has 0 unspecified atom stereocenters. The first-order valence-corrected chi connectivity index (χ1v) is 4.75. The first-order valence-electron chi connectivity index (χ1n) is 4.75. The molecule has 0 fully saturated rings. The van der Waals surface area contributed by atoms with Crippen LogP contribution < -0.4 is 5.32 Å². The molecule has 0 saturated carbocycles. The van der Waals surface area contributed by atoms with Gasteiger partial charge in [-0.05, 0) is 11.5 Å². The Bertz CT molecular complexity index is 520. The molecule has 1 N–H and O–H groups in total. The van der Waals surface area contributed by atoms with Crippen molar-refractivity contribution in [3.05, 3.63) is 42.5 Å². The fraction of sp³-hybridized carbons (Fsp3) is 0.0833. The highest BCUT2D eigenvalue weighted by atomic mass is 19.3. The Balaban J connectivity index is 2.41. The second-order valence-electron chi connectivity index (χ2n) is 3.32. The van der Waals surface area contributed by atoms with E-state index >= 15 is 0 Å². The number of benzene rings is 2. The summed E-state index contributed by atoms with van der Waals surface area (Å²) in [5.74, 6) is -1.28. The standard InChI is InChI=1S/C12H9F2NO/c13-11(14)12(16)15-10-7-3-5-8-4-1-2-6-9(8)10/h1-7,11H,(H,15,16). The molecule has 16 heavy (non-hydrogen) atoms. The number of amides is 1. The number of halogens is 2. The molecule has 0 spiro atoms. The largest absolute Gasteiger partial charge is 0.321 e. The van der Waals surface area contributed by atoms with Gasteiger partial charge in [-0.2, -0.15) is 8.78 Å². The van der Waals surface area contributed by atoms with Crippen molar-refractivity contribution in [1.82, 2.24) is 0 Å². The number of alkyl halides is 2. The lowest BCUT2D eigenvalue weighted by Crippen LogP contribution is -2.20. The smallest absolute Gasteiger partial charge is 0.315 e. The highest BCUT2D eigenvalue weighted by molar-refractivity contribution is 6.02. The van der Waals surface area contributed by atoms with Gasteiger partial charge < -0.3 is 5.32 Å².